The molecule has 2 rings (SSSR count). The lowest BCUT2D eigenvalue weighted by Gasteiger charge is -2.04. The lowest BCUT2D eigenvalue weighted by Crippen LogP contribution is -2.03. The van der Waals surface area contributed by atoms with Crippen LogP contribution in [0.4, 0.5) is 5.69 Å². The second-order valence-electron chi connectivity index (χ2n) is 4.05. The van der Waals surface area contributed by atoms with E-state index in [1.807, 2.05) is 0 Å². The van der Waals surface area contributed by atoms with Crippen molar-refractivity contribution in [1.29, 1.82) is 0 Å². The van der Waals surface area contributed by atoms with Gasteiger partial charge >= 0.3 is 5.97 Å². The van der Waals surface area contributed by atoms with Crippen molar-refractivity contribution in [3.8, 4) is 5.75 Å². The van der Waals surface area contributed by atoms with Crippen molar-refractivity contribution in [2.75, 3.05) is 0 Å². The minimum atomic E-state index is -4.49. The molecule has 0 saturated heterocycles. The van der Waals surface area contributed by atoms with Gasteiger partial charge in [0.1, 0.15) is 5.56 Å². The quantitative estimate of drug-likeness (QED) is 0.495. The van der Waals surface area contributed by atoms with Crippen molar-refractivity contribution in [2.24, 2.45) is 10.4 Å². The van der Waals surface area contributed by atoms with E-state index in [0.29, 0.717) is 5.69 Å². The summed E-state index contributed by atoms with van der Waals surface area (Å²) in [6, 6.07) is 11.3. The Bertz CT molecular complexity index is 818. The van der Waals surface area contributed by atoms with Crippen molar-refractivity contribution in [3.05, 3.63) is 54.1 Å². The van der Waals surface area contributed by atoms with Crippen molar-refractivity contribution >= 4 is 21.8 Å². The summed E-state index contributed by atoms with van der Waals surface area (Å²) in [6.07, 6.45) is 0. The van der Waals surface area contributed by atoms with Crippen molar-refractivity contribution in [1.82, 2.24) is 0 Å². The standard InChI is InChI=1S/C13H10N2O6S/c16-13(17)11-7-6-10(22(18,19)20)8-12(11)21-15-14-9-4-2-1-3-5-9/h1-8H,(H,16,17)(H,18,19,20). The topological polar surface area (TPSA) is 126 Å². The number of carboxylic acid groups (broad SMARTS) is 1. The molecule has 0 fully saturated rings. The van der Waals surface area contributed by atoms with E-state index in [9.17, 15) is 13.2 Å². The highest BCUT2D eigenvalue weighted by atomic mass is 32.2. The van der Waals surface area contributed by atoms with E-state index in [1.54, 1.807) is 30.3 Å². The fraction of sp³-hybridized carbons (Fsp3) is 0. The summed E-state index contributed by atoms with van der Waals surface area (Å²) in [5.41, 5.74) is 0.143. The molecule has 0 radical (unpaired) electrons. The minimum absolute atomic E-state index is 0.320. The highest BCUT2D eigenvalue weighted by molar-refractivity contribution is 7.85. The largest absolute Gasteiger partial charge is 0.478 e. The van der Waals surface area contributed by atoms with Gasteiger partial charge in [0.05, 0.1) is 10.6 Å². The third-order valence-corrected chi connectivity index (χ3v) is 3.38. The molecule has 2 aromatic carbocycles. The van der Waals surface area contributed by atoms with Gasteiger partial charge in [-0.15, -0.1) is 5.11 Å². The lowest BCUT2D eigenvalue weighted by molar-refractivity contribution is 0.0691. The van der Waals surface area contributed by atoms with Gasteiger partial charge in [-0.1, -0.05) is 18.2 Å². The summed E-state index contributed by atoms with van der Waals surface area (Å²) in [7, 11) is -4.49. The van der Waals surface area contributed by atoms with Gasteiger partial charge in [-0.05, 0) is 24.3 Å². The molecule has 0 atom stereocenters. The fourth-order valence-corrected chi connectivity index (χ4v) is 2.02. The highest BCUT2D eigenvalue weighted by Gasteiger charge is 2.17. The normalized spacial score (nSPS) is 11.5. The molecule has 0 bridgehead atoms. The number of benzene rings is 2. The Morgan fingerprint density at radius 2 is 1.77 bits per heavy atom. The van der Waals surface area contributed by atoms with Gasteiger partial charge < -0.3 is 9.94 Å². The average molecular weight is 322 g/mol. The molecule has 0 aliphatic carbocycles. The number of carboxylic acids is 1. The van der Waals surface area contributed by atoms with Gasteiger partial charge in [0.25, 0.3) is 10.1 Å². The monoisotopic (exact) mass is 322 g/mol. The fourth-order valence-electron chi connectivity index (χ4n) is 1.52. The van der Waals surface area contributed by atoms with Gasteiger partial charge in [-0.25, -0.2) is 4.79 Å². The molecule has 0 aromatic heterocycles. The smallest absolute Gasteiger partial charge is 0.339 e. The van der Waals surface area contributed by atoms with E-state index in [2.05, 4.69) is 10.4 Å². The Kier molecular flexibility index (Phi) is 4.49. The number of hydrogen-bond donors (Lipinski definition) is 2. The maximum absolute atomic E-state index is 11.1. The van der Waals surface area contributed by atoms with Crippen LogP contribution in [-0.4, -0.2) is 24.0 Å². The van der Waals surface area contributed by atoms with Crippen molar-refractivity contribution < 1.29 is 27.7 Å². The van der Waals surface area contributed by atoms with Crippen molar-refractivity contribution in [3.63, 3.8) is 0 Å². The van der Waals surface area contributed by atoms with Gasteiger partial charge in [0, 0.05) is 11.3 Å². The molecule has 8 nitrogen and oxygen atoms in total. The zero-order chi connectivity index (χ0) is 16.2. The third-order valence-electron chi connectivity index (χ3n) is 2.53. The van der Waals surface area contributed by atoms with Crippen LogP contribution in [-0.2, 0) is 10.1 Å². The van der Waals surface area contributed by atoms with Gasteiger partial charge in [-0.2, -0.15) is 8.42 Å². The number of rotatable bonds is 5. The van der Waals surface area contributed by atoms with Gasteiger partial charge in [0.2, 0.25) is 0 Å². The summed E-state index contributed by atoms with van der Waals surface area (Å²) >= 11 is 0. The number of hydrogen-bond acceptors (Lipinski definition) is 6. The van der Waals surface area contributed by atoms with Crippen LogP contribution in [0.15, 0.2) is 63.8 Å². The zero-order valence-electron chi connectivity index (χ0n) is 10.9. The van der Waals surface area contributed by atoms with E-state index in [0.717, 1.165) is 18.2 Å². The molecule has 0 spiro atoms. The molecule has 22 heavy (non-hydrogen) atoms. The summed E-state index contributed by atoms with van der Waals surface area (Å²) in [5, 5.41) is 16.1. The predicted molar refractivity (Wildman–Crippen MR) is 74.8 cm³/mol. The highest BCUT2D eigenvalue weighted by Crippen LogP contribution is 2.24. The summed E-state index contributed by atoms with van der Waals surface area (Å²) in [4.78, 5) is 15.4. The molecule has 2 aromatic rings. The minimum Gasteiger partial charge on any atom is -0.478 e. The first-order valence-electron chi connectivity index (χ1n) is 5.86. The number of nitrogens with zero attached hydrogens (tertiary/aromatic N) is 2. The molecule has 114 valence electrons. The molecular formula is C13H10N2O6S. The summed E-state index contributed by atoms with van der Waals surface area (Å²) in [5.74, 6) is -1.70. The van der Waals surface area contributed by atoms with E-state index < -0.39 is 21.0 Å². The summed E-state index contributed by atoms with van der Waals surface area (Å²) in [6.45, 7) is 0. The average Bonchev–Trinajstić information content (AvgIpc) is 2.47. The molecule has 0 aliphatic rings. The van der Waals surface area contributed by atoms with E-state index in [1.165, 1.54) is 0 Å². The van der Waals surface area contributed by atoms with Crippen LogP contribution in [0.1, 0.15) is 10.4 Å². The molecule has 0 heterocycles. The van der Waals surface area contributed by atoms with E-state index in [-0.39, 0.29) is 11.3 Å². The third kappa shape index (κ3) is 3.87. The molecule has 0 aliphatic heterocycles. The second kappa shape index (κ2) is 6.33. The van der Waals surface area contributed by atoms with E-state index in [4.69, 9.17) is 14.5 Å². The molecule has 0 saturated carbocycles. The first-order chi connectivity index (χ1) is 10.4. The van der Waals surface area contributed by atoms with Gasteiger partial charge in [0.15, 0.2) is 5.75 Å². The van der Waals surface area contributed by atoms with Crippen LogP contribution in [0.2, 0.25) is 0 Å². The Balaban J connectivity index is 2.32. The Labute approximate surface area is 125 Å². The lowest BCUT2D eigenvalue weighted by atomic mass is 10.2. The summed E-state index contributed by atoms with van der Waals surface area (Å²) < 4.78 is 31.1. The first kappa shape index (κ1) is 15.6. The van der Waals surface area contributed by atoms with Crippen LogP contribution >= 0.6 is 0 Å². The molecule has 9 heteroatoms. The molecule has 0 unspecified atom stereocenters. The second-order valence-corrected chi connectivity index (χ2v) is 5.47. The maximum atomic E-state index is 11.1. The Morgan fingerprint density at radius 3 is 2.36 bits per heavy atom. The predicted octanol–water partition coefficient (Wildman–Crippen LogP) is 2.71. The zero-order valence-corrected chi connectivity index (χ0v) is 11.8. The van der Waals surface area contributed by atoms with Crippen LogP contribution < -0.4 is 4.84 Å². The van der Waals surface area contributed by atoms with E-state index >= 15 is 0 Å². The first-order valence-corrected chi connectivity index (χ1v) is 7.30. The van der Waals surface area contributed by atoms with Crippen LogP contribution in [0.25, 0.3) is 0 Å². The number of carbonyl (C=O) groups is 1. The van der Waals surface area contributed by atoms with Crippen LogP contribution in [0, 0.1) is 0 Å². The SMILES string of the molecule is O=C(O)c1ccc(S(=O)(=O)O)cc1ON=Nc1ccccc1. The van der Waals surface area contributed by atoms with Gasteiger partial charge in [-0.3, -0.25) is 4.55 Å². The molecule has 0 amide bonds. The Morgan fingerprint density at radius 1 is 1.09 bits per heavy atom. The number of aromatic carboxylic acids is 1. The molecule has 2 N–H and O–H groups in total. The van der Waals surface area contributed by atoms with Crippen molar-refractivity contribution in [2.45, 2.75) is 4.90 Å². The Hall–Kier alpha value is -2.78. The van der Waals surface area contributed by atoms with Crippen LogP contribution in [0.3, 0.4) is 0 Å². The van der Waals surface area contributed by atoms with Crippen LogP contribution in [0.5, 0.6) is 5.75 Å². The maximum Gasteiger partial charge on any atom is 0.339 e. The molecular weight excluding hydrogens is 312 g/mol.